The van der Waals surface area contributed by atoms with Crippen molar-refractivity contribution in [3.05, 3.63) is 0 Å². The minimum atomic E-state index is -0.133. The van der Waals surface area contributed by atoms with Gasteiger partial charge in [-0.3, -0.25) is 9.59 Å². The van der Waals surface area contributed by atoms with E-state index in [1.807, 2.05) is 0 Å². The lowest BCUT2D eigenvalue weighted by molar-refractivity contribution is -0.126. The molecule has 1 unspecified atom stereocenters. The molecular weight excluding hydrogens is 154 g/mol. The van der Waals surface area contributed by atoms with E-state index in [1.165, 1.54) is 0 Å². The average Bonchev–Trinajstić information content (AvgIpc) is 2.47. The third-order valence-corrected chi connectivity index (χ3v) is 1.98. The highest BCUT2D eigenvalue weighted by Crippen LogP contribution is 2.21. The Labute approximate surface area is 71.5 Å². The summed E-state index contributed by atoms with van der Waals surface area (Å²) in [5.74, 6) is 2.28. The molecule has 0 radical (unpaired) electrons. The lowest BCUT2D eigenvalue weighted by Gasteiger charge is -2.06. The number of ketones is 1. The molecule has 1 atom stereocenters. The maximum atomic E-state index is 11.2. The summed E-state index contributed by atoms with van der Waals surface area (Å²) in [5, 5.41) is 2.57. The van der Waals surface area contributed by atoms with Crippen molar-refractivity contribution in [2.75, 3.05) is 6.54 Å². The van der Waals surface area contributed by atoms with E-state index in [1.54, 1.807) is 0 Å². The van der Waals surface area contributed by atoms with Gasteiger partial charge in [-0.1, -0.05) is 5.92 Å². The summed E-state index contributed by atoms with van der Waals surface area (Å²) in [5.41, 5.74) is 0. The van der Waals surface area contributed by atoms with Gasteiger partial charge in [-0.25, -0.2) is 0 Å². The molecule has 0 heterocycles. The van der Waals surface area contributed by atoms with Crippen molar-refractivity contribution in [3.63, 3.8) is 0 Å². The summed E-state index contributed by atoms with van der Waals surface area (Å²) in [7, 11) is 0. The number of hydrogen-bond donors (Lipinski definition) is 1. The number of hydrogen-bond acceptors (Lipinski definition) is 2. The van der Waals surface area contributed by atoms with Crippen LogP contribution in [0.25, 0.3) is 0 Å². The number of carbonyl (C=O) groups is 2. The van der Waals surface area contributed by atoms with Crippen LogP contribution >= 0.6 is 0 Å². The molecule has 1 aliphatic carbocycles. The van der Waals surface area contributed by atoms with Gasteiger partial charge in [-0.15, -0.1) is 6.42 Å². The lowest BCUT2D eigenvalue weighted by atomic mass is 10.1. The monoisotopic (exact) mass is 165 g/mol. The molecule has 3 heteroatoms. The molecule has 3 nitrogen and oxygen atoms in total. The molecule has 1 aliphatic rings. The van der Waals surface area contributed by atoms with Crippen LogP contribution in [0.3, 0.4) is 0 Å². The van der Waals surface area contributed by atoms with E-state index in [-0.39, 0.29) is 24.2 Å². The third kappa shape index (κ3) is 2.09. The minimum Gasteiger partial charge on any atom is -0.345 e. The molecule has 0 aromatic carbocycles. The second-order valence-corrected chi connectivity index (χ2v) is 2.90. The zero-order valence-electron chi connectivity index (χ0n) is 6.80. The summed E-state index contributed by atoms with van der Waals surface area (Å²) < 4.78 is 0. The van der Waals surface area contributed by atoms with Crippen LogP contribution in [0.15, 0.2) is 0 Å². The fourth-order valence-corrected chi connectivity index (χ4v) is 1.32. The normalized spacial score (nSPS) is 21.9. The van der Waals surface area contributed by atoms with E-state index in [2.05, 4.69) is 11.2 Å². The van der Waals surface area contributed by atoms with E-state index in [0.29, 0.717) is 19.3 Å². The van der Waals surface area contributed by atoms with Gasteiger partial charge in [0.1, 0.15) is 5.78 Å². The van der Waals surface area contributed by atoms with E-state index < -0.39 is 0 Å². The summed E-state index contributed by atoms with van der Waals surface area (Å²) >= 11 is 0. The molecule has 1 rings (SSSR count). The fraction of sp³-hybridized carbons (Fsp3) is 0.556. The molecule has 12 heavy (non-hydrogen) atoms. The Hall–Kier alpha value is -1.30. The van der Waals surface area contributed by atoms with Crippen molar-refractivity contribution in [3.8, 4) is 12.3 Å². The van der Waals surface area contributed by atoms with Crippen LogP contribution in [-0.2, 0) is 9.59 Å². The first-order valence-electron chi connectivity index (χ1n) is 3.97. The van der Waals surface area contributed by atoms with Crippen molar-refractivity contribution in [1.82, 2.24) is 5.32 Å². The molecule has 0 bridgehead atoms. The van der Waals surface area contributed by atoms with Crippen molar-refractivity contribution in [2.24, 2.45) is 5.92 Å². The first kappa shape index (κ1) is 8.79. The standard InChI is InChI=1S/C9H11NO2/c1-2-5-10-9(12)7-3-4-8(11)6-7/h1,7H,3-6H2,(H,10,12). The molecule has 1 saturated carbocycles. The van der Waals surface area contributed by atoms with E-state index in [4.69, 9.17) is 6.42 Å². The van der Waals surface area contributed by atoms with Crippen LogP contribution in [0.2, 0.25) is 0 Å². The Kier molecular flexibility index (Phi) is 2.87. The topological polar surface area (TPSA) is 46.2 Å². The Morgan fingerprint density at radius 2 is 2.50 bits per heavy atom. The second-order valence-electron chi connectivity index (χ2n) is 2.90. The van der Waals surface area contributed by atoms with Gasteiger partial charge >= 0.3 is 0 Å². The van der Waals surface area contributed by atoms with E-state index in [9.17, 15) is 9.59 Å². The van der Waals surface area contributed by atoms with Gasteiger partial charge in [0.2, 0.25) is 5.91 Å². The zero-order valence-corrected chi connectivity index (χ0v) is 6.80. The highest BCUT2D eigenvalue weighted by Gasteiger charge is 2.27. The van der Waals surface area contributed by atoms with Crippen LogP contribution in [0, 0.1) is 18.3 Å². The second kappa shape index (κ2) is 3.91. The van der Waals surface area contributed by atoms with Gasteiger partial charge in [-0.05, 0) is 6.42 Å². The summed E-state index contributed by atoms with van der Waals surface area (Å²) in [6.07, 6.45) is 6.57. The summed E-state index contributed by atoms with van der Waals surface area (Å²) in [6, 6.07) is 0. The Balaban J connectivity index is 2.34. The number of amides is 1. The van der Waals surface area contributed by atoms with Gasteiger partial charge in [0.05, 0.1) is 6.54 Å². The van der Waals surface area contributed by atoms with Crippen LogP contribution < -0.4 is 5.32 Å². The van der Waals surface area contributed by atoms with Crippen molar-refractivity contribution in [2.45, 2.75) is 19.3 Å². The largest absolute Gasteiger partial charge is 0.345 e. The van der Waals surface area contributed by atoms with Crippen molar-refractivity contribution in [1.29, 1.82) is 0 Å². The van der Waals surface area contributed by atoms with Gasteiger partial charge in [0.25, 0.3) is 0 Å². The number of nitrogens with one attached hydrogen (secondary N) is 1. The number of carbonyl (C=O) groups excluding carboxylic acids is 2. The van der Waals surface area contributed by atoms with Gasteiger partial charge in [0.15, 0.2) is 0 Å². The van der Waals surface area contributed by atoms with E-state index in [0.717, 1.165) is 0 Å². The van der Waals surface area contributed by atoms with Crippen LogP contribution in [0.4, 0.5) is 0 Å². The zero-order chi connectivity index (χ0) is 8.97. The van der Waals surface area contributed by atoms with Crippen LogP contribution in [-0.4, -0.2) is 18.2 Å². The van der Waals surface area contributed by atoms with Crippen LogP contribution in [0.5, 0.6) is 0 Å². The lowest BCUT2D eigenvalue weighted by Crippen LogP contribution is -2.29. The smallest absolute Gasteiger partial charge is 0.224 e. The highest BCUT2D eigenvalue weighted by molar-refractivity contribution is 5.90. The first-order chi connectivity index (χ1) is 5.74. The summed E-state index contributed by atoms with van der Waals surface area (Å²) in [6.45, 7) is 0.253. The Morgan fingerprint density at radius 1 is 1.75 bits per heavy atom. The minimum absolute atomic E-state index is 0.0844. The molecular formula is C9H11NO2. The van der Waals surface area contributed by atoms with Gasteiger partial charge < -0.3 is 5.32 Å². The summed E-state index contributed by atoms with van der Waals surface area (Å²) in [4.78, 5) is 22.0. The third-order valence-electron chi connectivity index (χ3n) is 1.98. The molecule has 0 saturated heterocycles. The maximum absolute atomic E-state index is 11.2. The average molecular weight is 165 g/mol. The SMILES string of the molecule is C#CCNC(=O)C1CCC(=O)C1. The van der Waals surface area contributed by atoms with Gasteiger partial charge in [0, 0.05) is 18.8 Å². The molecule has 1 N–H and O–H groups in total. The van der Waals surface area contributed by atoms with E-state index >= 15 is 0 Å². The Morgan fingerprint density at radius 3 is 3.00 bits per heavy atom. The number of terminal acetylenes is 1. The molecule has 1 fully saturated rings. The predicted molar refractivity (Wildman–Crippen MR) is 44.2 cm³/mol. The highest BCUT2D eigenvalue weighted by atomic mass is 16.2. The predicted octanol–water partition coefficient (Wildman–Crippen LogP) is 0.105. The number of rotatable bonds is 2. The maximum Gasteiger partial charge on any atom is 0.224 e. The molecule has 0 aliphatic heterocycles. The number of Topliss-reactive ketones (excluding diaryl/α,β-unsaturated/α-hetero) is 1. The molecule has 64 valence electrons. The molecule has 0 aromatic heterocycles. The molecule has 0 aromatic rings. The fourth-order valence-electron chi connectivity index (χ4n) is 1.32. The Bertz CT molecular complexity index is 239. The van der Waals surface area contributed by atoms with Crippen LogP contribution in [0.1, 0.15) is 19.3 Å². The van der Waals surface area contributed by atoms with Crippen molar-refractivity contribution < 1.29 is 9.59 Å². The molecule has 0 spiro atoms. The first-order valence-corrected chi connectivity index (χ1v) is 3.97. The molecule has 1 amide bonds. The van der Waals surface area contributed by atoms with Gasteiger partial charge in [-0.2, -0.15) is 0 Å². The van der Waals surface area contributed by atoms with Crippen molar-refractivity contribution >= 4 is 11.7 Å². The quantitative estimate of drug-likeness (QED) is 0.590.